The first-order chi connectivity index (χ1) is 17.5. The van der Waals surface area contributed by atoms with Gasteiger partial charge >= 0.3 is 5.92 Å². The van der Waals surface area contributed by atoms with E-state index >= 15 is 0 Å². The normalized spacial score (nSPS) is 26.6. The average molecular weight is 468 g/mol. The highest BCUT2D eigenvalue weighted by Gasteiger charge is 2.41. The zero-order chi connectivity index (χ0) is 28.4. The number of nitrogens with zero attached hydrogens (tertiary/aromatic N) is 1. The summed E-state index contributed by atoms with van der Waals surface area (Å²) in [4.78, 5) is 50.3. The van der Waals surface area contributed by atoms with Crippen LogP contribution in [0.25, 0.3) is 0 Å². The molecule has 166 valence electrons. The van der Waals surface area contributed by atoms with Crippen molar-refractivity contribution >= 4 is 35.2 Å². The van der Waals surface area contributed by atoms with Crippen LogP contribution < -0.4 is 10.6 Å². The summed E-state index contributed by atoms with van der Waals surface area (Å²) in [7, 11) is 0. The Bertz CT molecular complexity index is 1380. The maximum absolute atomic E-state index is 14.7. The number of fused-ring (bicyclic) bond motifs is 1. The Balaban J connectivity index is 1.58. The highest BCUT2D eigenvalue weighted by molar-refractivity contribution is 6.30. The maximum atomic E-state index is 14.7. The molecule has 1 saturated heterocycles. The number of alkyl halides is 2. The van der Waals surface area contributed by atoms with Crippen molar-refractivity contribution in [3.63, 3.8) is 0 Å². The second kappa shape index (κ2) is 8.31. The lowest BCUT2D eigenvalue weighted by atomic mass is 10.0. The van der Waals surface area contributed by atoms with E-state index in [2.05, 4.69) is 0 Å². The van der Waals surface area contributed by atoms with Gasteiger partial charge in [-0.25, -0.2) is 0 Å². The van der Waals surface area contributed by atoms with E-state index in [-0.39, 0.29) is 27.0 Å². The van der Waals surface area contributed by atoms with E-state index < -0.39 is 67.0 Å². The molecular formula is C22H18ClF2N3O4. The molecule has 2 aliphatic heterocycles. The Kier molecular flexibility index (Phi) is 4.02. The van der Waals surface area contributed by atoms with Gasteiger partial charge in [-0.05, 0) is 35.7 Å². The topological polar surface area (TPSA) is 95.6 Å². The smallest absolute Gasteiger partial charge is 0.346 e. The van der Waals surface area contributed by atoms with Crippen molar-refractivity contribution in [2.75, 3.05) is 0 Å². The summed E-state index contributed by atoms with van der Waals surface area (Å²) < 4.78 is 77.5. The zero-order valence-electron chi connectivity index (χ0n) is 22.1. The van der Waals surface area contributed by atoms with Gasteiger partial charge in [-0.1, -0.05) is 35.9 Å². The number of carbonyl (C=O) groups is 4. The number of piperidine rings is 1. The van der Waals surface area contributed by atoms with Gasteiger partial charge in [-0.2, -0.15) is 8.78 Å². The fourth-order valence-corrected chi connectivity index (χ4v) is 3.38. The SMILES string of the molecule is [2H]N(Cc1ccc2c(c1)CN(C1([2H])C(=O)NC(=O)C([2H])([2H])C1([2H])[2H])C2=O)C(=O)C(F)(F)c1ccc(Cl)cc1. The third kappa shape index (κ3) is 4.08. The predicted molar refractivity (Wildman–Crippen MR) is 110 cm³/mol. The number of carbonyl (C=O) groups excluding carboxylic acids is 4. The average Bonchev–Trinajstić information content (AvgIpc) is 3.17. The molecule has 0 aliphatic carbocycles. The lowest BCUT2D eigenvalue weighted by Gasteiger charge is -2.29. The lowest BCUT2D eigenvalue weighted by molar-refractivity contribution is -0.147. The number of benzene rings is 2. The van der Waals surface area contributed by atoms with Crippen LogP contribution >= 0.6 is 11.6 Å². The molecule has 2 N–H and O–H groups in total. The van der Waals surface area contributed by atoms with Crippen molar-refractivity contribution in [1.29, 1.82) is 0 Å². The van der Waals surface area contributed by atoms with Gasteiger partial charge in [0.1, 0.15) is 6.02 Å². The lowest BCUT2D eigenvalue weighted by Crippen LogP contribution is -2.52. The quantitative estimate of drug-likeness (QED) is 0.660. The Hall–Kier alpha value is -3.33. The first-order valence-corrected chi connectivity index (χ1v) is 9.58. The van der Waals surface area contributed by atoms with E-state index in [0.29, 0.717) is 4.90 Å². The van der Waals surface area contributed by atoms with Crippen LogP contribution in [0.4, 0.5) is 8.78 Å². The number of imide groups is 1. The molecule has 4 rings (SSSR count). The van der Waals surface area contributed by atoms with E-state index in [1.165, 1.54) is 30.3 Å². The molecule has 0 spiro atoms. The monoisotopic (exact) mass is 467 g/mol. The first kappa shape index (κ1) is 15.5. The third-order valence-electron chi connectivity index (χ3n) is 4.86. The Morgan fingerprint density at radius 3 is 2.72 bits per heavy atom. The highest BCUT2D eigenvalue weighted by Crippen LogP contribution is 2.30. The standard InChI is InChI=1S/C22H18ClF2N3O4/c23-15-4-2-14(3-5-15)22(24,25)21(32)26-10-12-1-6-16-13(9-12)11-28(20(16)31)17-7-8-18(29)27-19(17)30/h1-6,9,17H,7-8,10-11H2,(H,26,32)(H,27,29,30)/i7D2,8D2,17D/hD. The molecule has 2 aromatic carbocycles. The fraction of sp³-hybridized carbons (Fsp3) is 0.273. The molecule has 4 amide bonds. The zero-order valence-corrected chi connectivity index (χ0v) is 16.9. The van der Waals surface area contributed by atoms with E-state index in [4.69, 9.17) is 19.9 Å². The number of hydrogen-bond acceptors (Lipinski definition) is 4. The minimum absolute atomic E-state index is 0.0320. The second-order valence-corrected chi connectivity index (χ2v) is 7.40. The largest absolute Gasteiger partial charge is 0.349 e. The Morgan fingerprint density at radius 1 is 1.28 bits per heavy atom. The molecule has 7 nitrogen and oxygen atoms in total. The minimum Gasteiger partial charge on any atom is -0.346 e. The van der Waals surface area contributed by atoms with E-state index in [0.717, 1.165) is 12.1 Å². The second-order valence-electron chi connectivity index (χ2n) is 6.97. The van der Waals surface area contributed by atoms with Crippen molar-refractivity contribution in [2.24, 2.45) is 0 Å². The Labute approximate surface area is 195 Å². The van der Waals surface area contributed by atoms with Gasteiger partial charge in [0, 0.05) is 41.1 Å². The molecule has 0 radical (unpaired) electrons. The predicted octanol–water partition coefficient (Wildman–Crippen LogP) is 2.51. The number of nitrogens with one attached hydrogen (secondary N) is 2. The summed E-state index contributed by atoms with van der Waals surface area (Å²) in [5, 5.41) is 1.81. The van der Waals surface area contributed by atoms with Crippen LogP contribution in [0.2, 0.25) is 6.43 Å². The van der Waals surface area contributed by atoms with Gasteiger partial charge in [0.05, 0.1) is 1.37 Å². The molecular weight excluding hydrogens is 444 g/mol. The first-order valence-electron chi connectivity index (χ1n) is 12.2. The molecule has 1 unspecified atom stereocenters. The minimum atomic E-state index is -4.04. The molecule has 1 atom stereocenters. The number of hydrogen-bond donors (Lipinski definition) is 2. The Morgan fingerprint density at radius 2 is 2.00 bits per heavy atom. The van der Waals surface area contributed by atoms with Gasteiger partial charge < -0.3 is 10.2 Å². The van der Waals surface area contributed by atoms with Crippen molar-refractivity contribution in [3.05, 3.63) is 69.7 Å². The van der Waals surface area contributed by atoms with Crippen LogP contribution in [0.1, 0.15) is 46.6 Å². The molecule has 2 heterocycles. The molecule has 10 heteroatoms. The van der Waals surface area contributed by atoms with Crippen molar-refractivity contribution in [1.82, 2.24) is 15.5 Å². The summed E-state index contributed by atoms with van der Waals surface area (Å²) in [6, 6.07) is 4.80. The maximum Gasteiger partial charge on any atom is 0.349 e. The van der Waals surface area contributed by atoms with Crippen LogP contribution in [0.3, 0.4) is 0 Å². The van der Waals surface area contributed by atoms with Crippen LogP contribution in [0.15, 0.2) is 42.5 Å². The summed E-state index contributed by atoms with van der Waals surface area (Å²) >= 11 is 5.69. The molecule has 0 aromatic heterocycles. The summed E-state index contributed by atoms with van der Waals surface area (Å²) in [6.07, 6.45) is -6.78. The fourth-order valence-electron chi connectivity index (χ4n) is 3.25. The van der Waals surface area contributed by atoms with Gasteiger partial charge in [-0.3, -0.25) is 24.5 Å². The van der Waals surface area contributed by atoms with Crippen molar-refractivity contribution in [3.8, 4) is 0 Å². The van der Waals surface area contributed by atoms with Gasteiger partial charge in [0.15, 0.2) is 1.41 Å². The molecule has 0 saturated carbocycles. The van der Waals surface area contributed by atoms with Gasteiger partial charge in [0.25, 0.3) is 11.8 Å². The van der Waals surface area contributed by atoms with Crippen molar-refractivity contribution in [2.45, 2.75) is 37.8 Å². The molecule has 1 fully saturated rings. The van der Waals surface area contributed by atoms with Crippen LogP contribution in [-0.4, -0.2) is 34.5 Å². The number of amides is 4. The van der Waals surface area contributed by atoms with E-state index in [9.17, 15) is 28.0 Å². The van der Waals surface area contributed by atoms with Crippen molar-refractivity contribution < 1.29 is 36.2 Å². The molecule has 2 aliphatic rings. The van der Waals surface area contributed by atoms with Gasteiger partial charge in [0.2, 0.25) is 11.8 Å². The summed E-state index contributed by atoms with van der Waals surface area (Å²) in [6.45, 7) is -1.19. The van der Waals surface area contributed by atoms with Crippen LogP contribution in [0.5, 0.6) is 0 Å². The summed E-state index contributed by atoms with van der Waals surface area (Å²) in [5.74, 6) is -9.99. The molecule has 0 bridgehead atoms. The van der Waals surface area contributed by atoms with Crippen LogP contribution in [0, 0.1) is 0 Å². The number of rotatable bonds is 5. The van der Waals surface area contributed by atoms with Gasteiger partial charge in [-0.15, -0.1) is 0 Å². The van der Waals surface area contributed by atoms with Crippen LogP contribution in [-0.2, 0) is 33.4 Å². The van der Waals surface area contributed by atoms with E-state index in [1.54, 1.807) is 5.32 Å². The molecule has 32 heavy (non-hydrogen) atoms. The molecule has 2 aromatic rings. The third-order valence-corrected chi connectivity index (χ3v) is 5.11. The van der Waals surface area contributed by atoms with E-state index in [1.807, 2.05) is 0 Å². The number of halogens is 3. The highest BCUT2D eigenvalue weighted by atomic mass is 35.5. The summed E-state index contributed by atoms with van der Waals surface area (Å²) in [5.41, 5.74) is -0.506.